The fourth-order valence-corrected chi connectivity index (χ4v) is 2.75. The fourth-order valence-electron chi connectivity index (χ4n) is 1.60. The number of carbonyl (C=O) groups excluding carboxylic acids is 2. The molecular weight excluding hydrogens is 342 g/mol. The fraction of sp³-hybridized carbons (Fsp3) is 0.286. The normalized spacial score (nSPS) is 12.4. The maximum Gasteiger partial charge on any atom is 0.304 e. The first kappa shape index (κ1) is 19.2. The Bertz CT molecular complexity index is 697. The van der Waals surface area contributed by atoms with Crippen LogP contribution in [0.15, 0.2) is 35.2 Å². The van der Waals surface area contributed by atoms with Crippen molar-refractivity contribution in [3.63, 3.8) is 0 Å². The molecule has 0 bridgehead atoms. The van der Waals surface area contributed by atoms with Crippen molar-refractivity contribution in [2.24, 2.45) is 0 Å². The van der Waals surface area contributed by atoms with E-state index in [2.05, 4.69) is 9.50 Å². The summed E-state index contributed by atoms with van der Waals surface area (Å²) in [5, 5.41) is 12.4. The van der Waals surface area contributed by atoms with E-state index in [1.54, 1.807) is 18.2 Å². The van der Waals surface area contributed by atoms with Gasteiger partial charge in [0.05, 0.1) is 7.11 Å². The van der Waals surface area contributed by atoms with E-state index in [0.717, 1.165) is 7.11 Å². The number of aliphatic hydroxyl groups excluding tert-OH is 1. The van der Waals surface area contributed by atoms with Gasteiger partial charge in [-0.25, -0.2) is 0 Å². The number of rotatable bonds is 8. The van der Waals surface area contributed by atoms with Crippen LogP contribution in [0.3, 0.4) is 0 Å². The molecule has 0 heterocycles. The number of carbonyl (C=O) groups is 2. The van der Waals surface area contributed by atoms with Gasteiger partial charge in [-0.2, -0.15) is 20.2 Å². The van der Waals surface area contributed by atoms with Gasteiger partial charge in [0, 0.05) is 17.9 Å². The molecule has 0 aliphatic rings. The molecule has 1 aromatic rings. The maximum atomic E-state index is 12.2. The van der Waals surface area contributed by atoms with E-state index in [9.17, 15) is 23.1 Å². The maximum absolute atomic E-state index is 12.2. The zero-order valence-electron chi connectivity index (χ0n) is 12.6. The third kappa shape index (κ3) is 5.08. The second-order valence-electron chi connectivity index (χ2n) is 4.24. The molecule has 1 rings (SSSR count). The Morgan fingerprint density at radius 3 is 2.39 bits per heavy atom. The lowest BCUT2D eigenvalue weighted by atomic mass is 10.1. The molecule has 1 amide bonds. The number of thioether (sulfide) groups is 1. The van der Waals surface area contributed by atoms with E-state index in [1.165, 1.54) is 23.9 Å². The van der Waals surface area contributed by atoms with Crippen LogP contribution in [-0.4, -0.2) is 50.9 Å². The van der Waals surface area contributed by atoms with Crippen LogP contribution in [0.2, 0.25) is 0 Å². The Hall–Kier alpha value is -1.84. The Kier molecular flexibility index (Phi) is 7.27. The molecule has 0 unspecified atom stereocenters. The lowest BCUT2D eigenvalue weighted by Gasteiger charge is -2.10. The number of amides is 1. The van der Waals surface area contributed by atoms with Gasteiger partial charge in [0.15, 0.2) is 4.91 Å². The van der Waals surface area contributed by atoms with Crippen LogP contribution in [0, 0.1) is 0 Å². The third-order valence-electron chi connectivity index (χ3n) is 2.74. The molecule has 0 spiro atoms. The average molecular weight is 359 g/mol. The number of Topliss-reactive ketones (excluding diaryl/α,β-unsaturated/α-hetero) is 1. The highest BCUT2D eigenvalue weighted by Gasteiger charge is 2.34. The first-order chi connectivity index (χ1) is 10.8. The molecule has 7 nitrogen and oxygen atoms in total. The lowest BCUT2D eigenvalue weighted by Crippen LogP contribution is -2.35. The summed E-state index contributed by atoms with van der Waals surface area (Å²) in [5.41, 5.74) is 0.0772. The van der Waals surface area contributed by atoms with Gasteiger partial charge in [0.1, 0.15) is 5.76 Å². The SMILES string of the molecule is COS(=O)(=O)/C(C(=O)C(=O)NCCSC)=C(/O)c1ccccc1. The van der Waals surface area contributed by atoms with Crippen LogP contribution in [-0.2, 0) is 23.9 Å². The molecule has 0 fully saturated rings. The summed E-state index contributed by atoms with van der Waals surface area (Å²) in [7, 11) is -3.73. The molecule has 23 heavy (non-hydrogen) atoms. The summed E-state index contributed by atoms with van der Waals surface area (Å²) in [6, 6.07) is 7.55. The Morgan fingerprint density at radius 1 is 1.26 bits per heavy atom. The largest absolute Gasteiger partial charge is 0.506 e. The van der Waals surface area contributed by atoms with Crippen molar-refractivity contribution in [3.05, 3.63) is 40.8 Å². The minimum atomic E-state index is -4.57. The highest BCUT2D eigenvalue weighted by molar-refractivity contribution is 7.98. The number of nitrogens with one attached hydrogen (secondary N) is 1. The molecule has 0 saturated heterocycles. The third-order valence-corrected chi connectivity index (χ3v) is 4.67. The lowest BCUT2D eigenvalue weighted by molar-refractivity contribution is -0.135. The van der Waals surface area contributed by atoms with Crippen molar-refractivity contribution in [3.8, 4) is 0 Å². The average Bonchev–Trinajstić information content (AvgIpc) is 2.55. The van der Waals surface area contributed by atoms with Gasteiger partial charge in [-0.1, -0.05) is 30.3 Å². The minimum absolute atomic E-state index is 0.0772. The summed E-state index contributed by atoms with van der Waals surface area (Å²) in [4.78, 5) is 22.9. The summed E-state index contributed by atoms with van der Waals surface area (Å²) < 4.78 is 28.2. The van der Waals surface area contributed by atoms with Crippen molar-refractivity contribution in [2.45, 2.75) is 0 Å². The van der Waals surface area contributed by atoms with Gasteiger partial charge in [-0.3, -0.25) is 13.8 Å². The van der Waals surface area contributed by atoms with Crippen LogP contribution in [0.4, 0.5) is 0 Å². The van der Waals surface area contributed by atoms with Crippen molar-refractivity contribution >= 4 is 39.3 Å². The highest BCUT2D eigenvalue weighted by Crippen LogP contribution is 2.22. The zero-order chi connectivity index (χ0) is 17.5. The molecule has 0 aliphatic heterocycles. The molecule has 0 saturated carbocycles. The smallest absolute Gasteiger partial charge is 0.304 e. The first-order valence-electron chi connectivity index (χ1n) is 6.46. The minimum Gasteiger partial charge on any atom is -0.506 e. The summed E-state index contributed by atoms with van der Waals surface area (Å²) >= 11 is 1.45. The first-order valence-corrected chi connectivity index (χ1v) is 9.26. The Labute approximate surface area is 138 Å². The summed E-state index contributed by atoms with van der Waals surface area (Å²) in [6.07, 6.45) is 1.82. The molecular formula is C14H17NO6S2. The van der Waals surface area contributed by atoms with Crippen molar-refractivity contribution < 1.29 is 27.3 Å². The quantitative estimate of drug-likeness (QED) is 0.234. The van der Waals surface area contributed by atoms with E-state index in [4.69, 9.17) is 0 Å². The Balaban J connectivity index is 3.27. The topological polar surface area (TPSA) is 110 Å². The van der Waals surface area contributed by atoms with Gasteiger partial charge in [0.25, 0.3) is 11.7 Å². The van der Waals surface area contributed by atoms with Gasteiger partial charge < -0.3 is 10.4 Å². The van der Waals surface area contributed by atoms with Crippen LogP contribution in [0.5, 0.6) is 0 Å². The Morgan fingerprint density at radius 2 is 1.87 bits per heavy atom. The highest BCUT2D eigenvalue weighted by atomic mass is 32.2. The molecule has 1 aromatic carbocycles. The number of benzene rings is 1. The van der Waals surface area contributed by atoms with Crippen molar-refractivity contribution in [2.75, 3.05) is 25.7 Å². The van der Waals surface area contributed by atoms with Crippen LogP contribution >= 0.6 is 11.8 Å². The second kappa shape index (κ2) is 8.70. The van der Waals surface area contributed by atoms with E-state index in [1.807, 2.05) is 6.26 Å². The van der Waals surface area contributed by atoms with Crippen molar-refractivity contribution in [1.29, 1.82) is 0 Å². The standard InChI is InChI=1S/C14H17NO6S2/c1-21-23(19,20)13(11(16)10-6-4-3-5-7-10)12(17)14(18)15-8-9-22-2/h3-7,16H,8-9H2,1-2H3,(H,15,18)/b13-11+. The van der Waals surface area contributed by atoms with E-state index >= 15 is 0 Å². The number of aliphatic hydroxyl groups is 1. The summed E-state index contributed by atoms with van der Waals surface area (Å²) in [6.45, 7) is 0.193. The van der Waals surface area contributed by atoms with Crippen LogP contribution in [0.25, 0.3) is 5.76 Å². The number of hydrogen-bond acceptors (Lipinski definition) is 7. The van der Waals surface area contributed by atoms with E-state index in [-0.39, 0.29) is 12.1 Å². The summed E-state index contributed by atoms with van der Waals surface area (Å²) in [5.74, 6) is -2.79. The van der Waals surface area contributed by atoms with Gasteiger partial charge in [-0.05, 0) is 6.26 Å². The van der Waals surface area contributed by atoms with E-state index in [0.29, 0.717) is 5.75 Å². The van der Waals surface area contributed by atoms with Gasteiger partial charge in [-0.15, -0.1) is 0 Å². The van der Waals surface area contributed by atoms with Crippen LogP contribution in [0.1, 0.15) is 5.56 Å². The number of hydrogen-bond donors (Lipinski definition) is 2. The van der Waals surface area contributed by atoms with Gasteiger partial charge >= 0.3 is 10.1 Å². The van der Waals surface area contributed by atoms with Gasteiger partial charge in [0.2, 0.25) is 0 Å². The van der Waals surface area contributed by atoms with E-state index < -0.39 is 32.5 Å². The predicted octanol–water partition coefficient (Wildman–Crippen LogP) is 0.938. The number of ketones is 1. The molecule has 126 valence electrons. The molecule has 0 atom stereocenters. The van der Waals surface area contributed by atoms with Crippen molar-refractivity contribution in [1.82, 2.24) is 5.32 Å². The molecule has 2 N–H and O–H groups in total. The molecule has 0 aromatic heterocycles. The monoisotopic (exact) mass is 359 g/mol. The zero-order valence-corrected chi connectivity index (χ0v) is 14.2. The molecule has 9 heteroatoms. The van der Waals surface area contributed by atoms with Crippen LogP contribution < -0.4 is 5.32 Å². The predicted molar refractivity (Wildman–Crippen MR) is 88.3 cm³/mol. The molecule has 0 aliphatic carbocycles. The second-order valence-corrected chi connectivity index (χ2v) is 6.88. The molecule has 0 radical (unpaired) electrons.